The van der Waals surface area contributed by atoms with Gasteiger partial charge in [0.05, 0.1) is 0 Å². The Balaban J connectivity index is -0.000000000500. The molecule has 0 atom stereocenters. The van der Waals surface area contributed by atoms with E-state index in [2.05, 4.69) is 0 Å². The summed E-state index contributed by atoms with van der Waals surface area (Å²) in [4.78, 5) is 0. The summed E-state index contributed by atoms with van der Waals surface area (Å²) in [5.74, 6) is 0. The molecule has 0 aromatic rings. The van der Waals surface area contributed by atoms with Crippen molar-refractivity contribution in [1.29, 1.82) is 0 Å². The van der Waals surface area contributed by atoms with E-state index in [9.17, 15) is 0 Å². The largest absolute Gasteiger partial charge is 1.00 e. The van der Waals surface area contributed by atoms with Crippen molar-refractivity contribution in [2.24, 2.45) is 0 Å². The van der Waals surface area contributed by atoms with Crippen LogP contribution in [-0.2, 0) is 0 Å². The van der Waals surface area contributed by atoms with Crippen LogP contribution in [0.5, 0.6) is 0 Å². The first kappa shape index (κ1) is 28.7. The molecule has 0 aromatic carbocycles. The number of hydrogen-bond donors (Lipinski definition) is 2. The molecule has 0 bridgehead atoms. The molecule has 0 fully saturated rings. The molecule has 0 aliphatic carbocycles. The fraction of sp³-hybridized carbons (Fsp3) is 0. The van der Waals surface area contributed by atoms with Crippen molar-refractivity contribution in [2.75, 3.05) is 0 Å². The van der Waals surface area contributed by atoms with Crippen molar-refractivity contribution in [1.82, 2.24) is 0 Å². The predicted octanol–water partition coefficient (Wildman–Crippen LogP) is -6.57. The molecule has 0 amide bonds. The van der Waals surface area contributed by atoms with Gasteiger partial charge in [0.2, 0.25) is 0 Å². The van der Waals surface area contributed by atoms with Crippen molar-refractivity contribution in [2.45, 2.75) is 0 Å². The number of hydrogen-bond acceptors (Lipinski definition) is 2. The fourth-order valence-electron chi connectivity index (χ4n) is 0. The number of rotatable bonds is 0. The van der Waals surface area contributed by atoms with Gasteiger partial charge in [-0.1, -0.05) is 0 Å². The van der Waals surface area contributed by atoms with E-state index in [1.807, 2.05) is 0 Å². The van der Waals surface area contributed by atoms with Crippen LogP contribution in [0.1, 0.15) is 2.85 Å². The third-order valence-corrected chi connectivity index (χ3v) is 0. The average molecular weight is 100 g/mol. The second-order valence-corrected chi connectivity index (χ2v) is 0. The molecule has 0 spiro atoms. The van der Waals surface area contributed by atoms with Gasteiger partial charge in [0.25, 0.3) is 0 Å². The van der Waals surface area contributed by atoms with Gasteiger partial charge in [-0.3, -0.25) is 10.5 Å². The van der Waals surface area contributed by atoms with Crippen LogP contribution in [0.2, 0.25) is 0 Å². The summed E-state index contributed by atoms with van der Waals surface area (Å²) < 4.78 is 0. The molecular weight excluding hydrogens is 94.0 g/mol. The molecule has 0 aliphatic rings. The van der Waals surface area contributed by atoms with E-state index in [0.29, 0.717) is 0 Å². The summed E-state index contributed by atoms with van der Waals surface area (Å²) in [6.45, 7) is 0. The smallest absolute Gasteiger partial charge is 1.00 e. The molecule has 0 radical (unpaired) electrons. The monoisotopic (exact) mass is 100 g/mol. The molecule has 3 nitrogen and oxygen atoms in total. The molecule has 0 aromatic heterocycles. The maximum absolute atomic E-state index is 6.00. The minimum atomic E-state index is 0. The molecule has 0 rings (SSSR count). The van der Waals surface area contributed by atoms with E-state index in [1.165, 1.54) is 0 Å². The van der Waals surface area contributed by atoms with E-state index in [1.54, 1.807) is 0 Å². The van der Waals surface area contributed by atoms with Gasteiger partial charge in [-0.25, -0.2) is 0 Å². The van der Waals surface area contributed by atoms with Gasteiger partial charge in [-0.05, 0) is 0 Å². The summed E-state index contributed by atoms with van der Waals surface area (Å²) in [6.07, 6.45) is 0. The SMILES string of the molecule is O.OO.[H-].[H-].[Na+].[Na+]. The Morgan fingerprint density at radius 1 is 1.00 bits per heavy atom. The van der Waals surface area contributed by atoms with Gasteiger partial charge >= 0.3 is 59.1 Å². The second-order valence-electron chi connectivity index (χ2n) is 0. The van der Waals surface area contributed by atoms with E-state index in [4.69, 9.17) is 10.5 Å². The van der Waals surface area contributed by atoms with Gasteiger partial charge in [-0.15, -0.1) is 0 Å². The third kappa shape index (κ3) is 25.0. The van der Waals surface area contributed by atoms with Crippen LogP contribution in [0.15, 0.2) is 0 Å². The van der Waals surface area contributed by atoms with Crippen molar-refractivity contribution in [3.05, 3.63) is 0 Å². The Kier molecular flexibility index (Phi) is 227. The fourth-order valence-corrected chi connectivity index (χ4v) is 0. The Morgan fingerprint density at radius 2 is 1.00 bits per heavy atom. The van der Waals surface area contributed by atoms with E-state index in [-0.39, 0.29) is 67.4 Å². The predicted molar refractivity (Wildman–Crippen MR) is 11.1 cm³/mol. The first-order valence-electron chi connectivity index (χ1n) is 0.200. The molecular formula is H6Na2O3. The van der Waals surface area contributed by atoms with Crippen LogP contribution >= 0.6 is 0 Å². The Labute approximate surface area is 77.2 Å². The Bertz CT molecular complexity index is 10.9. The van der Waals surface area contributed by atoms with Gasteiger partial charge in [-0.2, -0.15) is 0 Å². The van der Waals surface area contributed by atoms with E-state index < -0.39 is 0 Å². The summed E-state index contributed by atoms with van der Waals surface area (Å²) in [7, 11) is 0. The van der Waals surface area contributed by atoms with Crippen LogP contribution < -0.4 is 59.1 Å². The molecule has 0 aliphatic heterocycles. The summed E-state index contributed by atoms with van der Waals surface area (Å²) in [6, 6.07) is 0. The molecule has 5 heavy (non-hydrogen) atoms. The van der Waals surface area contributed by atoms with Gasteiger partial charge in [0.1, 0.15) is 0 Å². The normalized spacial score (nSPS) is 1.20. The van der Waals surface area contributed by atoms with Gasteiger partial charge in [0, 0.05) is 0 Å². The van der Waals surface area contributed by atoms with Crippen molar-refractivity contribution < 1.29 is 78.0 Å². The van der Waals surface area contributed by atoms with Crippen LogP contribution in [0, 0.1) is 0 Å². The molecule has 0 heterocycles. The van der Waals surface area contributed by atoms with E-state index in [0.717, 1.165) is 0 Å². The summed E-state index contributed by atoms with van der Waals surface area (Å²) in [5.41, 5.74) is 0. The molecule has 5 heteroatoms. The van der Waals surface area contributed by atoms with Crippen LogP contribution in [0.25, 0.3) is 0 Å². The van der Waals surface area contributed by atoms with Crippen LogP contribution in [-0.4, -0.2) is 16.0 Å². The van der Waals surface area contributed by atoms with Gasteiger partial charge in [0.15, 0.2) is 0 Å². The minimum absolute atomic E-state index is 0. The van der Waals surface area contributed by atoms with Crippen LogP contribution in [0.4, 0.5) is 0 Å². The minimum Gasteiger partial charge on any atom is -1.00 e. The Hall–Kier alpha value is 1.88. The first-order valence-corrected chi connectivity index (χ1v) is 0.200. The molecule has 4 N–H and O–H groups in total. The first-order chi connectivity index (χ1) is 1.00. The van der Waals surface area contributed by atoms with Crippen molar-refractivity contribution in [3.8, 4) is 0 Å². The quantitative estimate of drug-likeness (QED) is 0.180. The zero-order valence-corrected chi connectivity index (χ0v) is 7.39. The van der Waals surface area contributed by atoms with Crippen molar-refractivity contribution in [3.63, 3.8) is 0 Å². The zero-order chi connectivity index (χ0) is 2.00. The standard InChI is InChI=1S/2Na.H2O2.H2O.2H/c;;1-2;;;/h;;1-2H;1H2;;/q2*+1;;;2*-1. The van der Waals surface area contributed by atoms with Crippen LogP contribution in [0.3, 0.4) is 0 Å². The average Bonchev–Trinajstić information content (AvgIpc) is 1.00. The second kappa shape index (κ2) is 39.6. The Morgan fingerprint density at radius 3 is 1.00 bits per heavy atom. The topological polar surface area (TPSA) is 72.0 Å². The summed E-state index contributed by atoms with van der Waals surface area (Å²) in [5, 5.41) is 12.0. The maximum atomic E-state index is 6.00. The summed E-state index contributed by atoms with van der Waals surface area (Å²) >= 11 is 0. The zero-order valence-electron chi connectivity index (χ0n) is 5.39. The maximum Gasteiger partial charge on any atom is 1.00 e. The molecule has 0 saturated carbocycles. The molecule has 26 valence electrons. The third-order valence-electron chi connectivity index (χ3n) is 0. The van der Waals surface area contributed by atoms with Crippen molar-refractivity contribution >= 4 is 0 Å². The molecule has 0 saturated heterocycles. The van der Waals surface area contributed by atoms with E-state index >= 15 is 0 Å². The molecule has 0 unspecified atom stereocenters. The van der Waals surface area contributed by atoms with Gasteiger partial charge < -0.3 is 8.33 Å².